The quantitative estimate of drug-likeness (QED) is 0.226. The molecule has 3 heterocycles. The number of fused-ring (bicyclic) bond motifs is 2. The number of rotatable bonds is 7. The fourth-order valence-electron chi connectivity index (χ4n) is 5.48. The summed E-state index contributed by atoms with van der Waals surface area (Å²) in [6.45, 7) is 3.51. The van der Waals surface area contributed by atoms with Crippen LogP contribution in [-0.2, 0) is 25.7 Å². The second-order valence-electron chi connectivity index (χ2n) is 10.4. The van der Waals surface area contributed by atoms with Gasteiger partial charge in [-0.05, 0) is 67.9 Å². The van der Waals surface area contributed by atoms with Crippen LogP contribution in [0.5, 0.6) is 0 Å². The molecule has 2 unspecified atom stereocenters. The summed E-state index contributed by atoms with van der Waals surface area (Å²) in [7, 11) is 0. The molecule has 2 aliphatic heterocycles. The molecular formula is C32H26FN3O6S2. The lowest BCUT2D eigenvalue weighted by Crippen LogP contribution is -2.33. The van der Waals surface area contributed by atoms with E-state index < -0.39 is 51.5 Å². The van der Waals surface area contributed by atoms with E-state index in [1.54, 1.807) is 43.3 Å². The standard InChI is InChI=1S/C32H26FN3O6S2/c1-3-42-31(40)19-8-12-21(13-9-19)34-23(37)16-35-30-27(44-32(35)41)24(18-6-10-20(33)11-7-18)25-26(43-30)29(39)36(28(25)38)22-14-4-17(2)5-15-22/h4-15,24-26H,3,16H2,1-2H3,(H,34,37)/t24-,25?,26?/m1/s1. The van der Waals surface area contributed by atoms with Crippen molar-refractivity contribution in [1.29, 1.82) is 0 Å². The van der Waals surface area contributed by atoms with Gasteiger partial charge in [0.25, 0.3) is 0 Å². The number of aryl methyl sites for hydroxylation is 1. The number of anilines is 2. The van der Waals surface area contributed by atoms with Crippen LogP contribution in [0, 0.1) is 18.7 Å². The van der Waals surface area contributed by atoms with Crippen LogP contribution in [0.25, 0.3) is 0 Å². The largest absolute Gasteiger partial charge is 0.462 e. The smallest absolute Gasteiger partial charge is 0.338 e. The molecule has 0 aliphatic carbocycles. The first kappa shape index (κ1) is 29.5. The summed E-state index contributed by atoms with van der Waals surface area (Å²) in [5.74, 6) is -3.76. The van der Waals surface area contributed by atoms with Crippen molar-refractivity contribution in [2.75, 3.05) is 16.8 Å². The molecule has 6 rings (SSSR count). The third kappa shape index (κ3) is 5.35. The number of ether oxygens (including phenoxy) is 1. The molecule has 12 heteroatoms. The number of nitrogens with one attached hydrogen (secondary N) is 1. The van der Waals surface area contributed by atoms with Crippen molar-refractivity contribution in [2.45, 2.75) is 36.6 Å². The van der Waals surface area contributed by atoms with Crippen LogP contribution in [0.4, 0.5) is 15.8 Å². The highest BCUT2D eigenvalue weighted by atomic mass is 32.2. The zero-order valence-corrected chi connectivity index (χ0v) is 25.2. The van der Waals surface area contributed by atoms with Gasteiger partial charge in [0.15, 0.2) is 0 Å². The highest BCUT2D eigenvalue weighted by Gasteiger charge is 2.56. The number of benzene rings is 3. The fraction of sp³-hybridized carbons (Fsp3) is 0.219. The second kappa shape index (κ2) is 11.9. The molecule has 4 aromatic rings. The van der Waals surface area contributed by atoms with E-state index >= 15 is 0 Å². The summed E-state index contributed by atoms with van der Waals surface area (Å²) in [4.78, 5) is 67.4. The van der Waals surface area contributed by atoms with Crippen LogP contribution in [0.1, 0.15) is 39.2 Å². The number of hydrogen-bond acceptors (Lipinski definition) is 8. The Morgan fingerprint density at radius 2 is 1.61 bits per heavy atom. The number of aromatic nitrogens is 1. The summed E-state index contributed by atoms with van der Waals surface area (Å²) < 4.78 is 20.2. The zero-order chi connectivity index (χ0) is 31.1. The first-order chi connectivity index (χ1) is 21.2. The third-order valence-electron chi connectivity index (χ3n) is 7.55. The Kier molecular flexibility index (Phi) is 7.95. The summed E-state index contributed by atoms with van der Waals surface area (Å²) in [5.41, 5.74) is 2.77. The molecule has 1 fully saturated rings. The van der Waals surface area contributed by atoms with Crippen LogP contribution in [0.3, 0.4) is 0 Å². The van der Waals surface area contributed by atoms with Gasteiger partial charge in [-0.1, -0.05) is 52.9 Å². The molecule has 1 saturated heterocycles. The molecule has 0 saturated carbocycles. The van der Waals surface area contributed by atoms with Crippen LogP contribution >= 0.6 is 23.1 Å². The van der Waals surface area contributed by atoms with Gasteiger partial charge in [-0.25, -0.2) is 14.1 Å². The van der Waals surface area contributed by atoms with Gasteiger partial charge in [-0.2, -0.15) is 0 Å². The van der Waals surface area contributed by atoms with E-state index in [4.69, 9.17) is 4.74 Å². The summed E-state index contributed by atoms with van der Waals surface area (Å²) in [6, 6.07) is 18.9. The average molecular weight is 632 g/mol. The average Bonchev–Trinajstić information content (AvgIpc) is 3.45. The van der Waals surface area contributed by atoms with Crippen molar-refractivity contribution in [2.24, 2.45) is 5.92 Å². The number of imide groups is 1. The van der Waals surface area contributed by atoms with Crippen molar-refractivity contribution >= 4 is 58.2 Å². The Hall–Kier alpha value is -4.55. The van der Waals surface area contributed by atoms with Gasteiger partial charge in [0.1, 0.15) is 17.6 Å². The Balaban J connectivity index is 1.33. The van der Waals surface area contributed by atoms with E-state index in [9.17, 15) is 28.4 Å². The Morgan fingerprint density at radius 3 is 2.27 bits per heavy atom. The van der Waals surface area contributed by atoms with Crippen molar-refractivity contribution in [3.05, 3.63) is 110 Å². The molecule has 1 aromatic heterocycles. The Morgan fingerprint density at radius 1 is 0.932 bits per heavy atom. The van der Waals surface area contributed by atoms with Gasteiger partial charge < -0.3 is 10.1 Å². The van der Waals surface area contributed by atoms with Crippen molar-refractivity contribution in [1.82, 2.24) is 4.57 Å². The molecule has 2 aliphatic rings. The molecule has 224 valence electrons. The van der Waals surface area contributed by atoms with Gasteiger partial charge in [0.2, 0.25) is 17.7 Å². The Bertz CT molecular complexity index is 1830. The molecule has 0 radical (unpaired) electrons. The molecule has 44 heavy (non-hydrogen) atoms. The lowest BCUT2D eigenvalue weighted by molar-refractivity contribution is -0.122. The molecule has 3 aromatic carbocycles. The van der Waals surface area contributed by atoms with E-state index in [0.717, 1.165) is 28.7 Å². The van der Waals surface area contributed by atoms with E-state index in [1.165, 1.54) is 33.7 Å². The topological polar surface area (TPSA) is 115 Å². The van der Waals surface area contributed by atoms with E-state index in [-0.39, 0.29) is 13.2 Å². The van der Waals surface area contributed by atoms with E-state index in [2.05, 4.69) is 5.32 Å². The van der Waals surface area contributed by atoms with Gasteiger partial charge in [-0.3, -0.25) is 23.7 Å². The zero-order valence-electron chi connectivity index (χ0n) is 23.6. The minimum absolute atomic E-state index is 0.239. The molecular weight excluding hydrogens is 605 g/mol. The van der Waals surface area contributed by atoms with E-state index in [1.807, 2.05) is 19.1 Å². The van der Waals surface area contributed by atoms with Crippen LogP contribution in [0.2, 0.25) is 0 Å². The summed E-state index contributed by atoms with van der Waals surface area (Å²) in [5, 5.41) is 2.30. The highest BCUT2D eigenvalue weighted by molar-refractivity contribution is 8.00. The fourth-order valence-corrected chi connectivity index (χ4v) is 8.25. The predicted octanol–water partition coefficient (Wildman–Crippen LogP) is 4.97. The summed E-state index contributed by atoms with van der Waals surface area (Å²) >= 11 is 2.02. The number of esters is 1. The Labute approximate surface area is 259 Å². The number of halogens is 1. The molecule has 3 amide bonds. The molecule has 0 bridgehead atoms. The van der Waals surface area contributed by atoms with Gasteiger partial charge >= 0.3 is 10.8 Å². The first-order valence-corrected chi connectivity index (χ1v) is 15.5. The molecule has 3 atom stereocenters. The number of nitrogens with zero attached hydrogens (tertiary/aromatic N) is 2. The van der Waals surface area contributed by atoms with Crippen molar-refractivity contribution < 1.29 is 28.3 Å². The van der Waals surface area contributed by atoms with E-state index in [0.29, 0.717) is 32.4 Å². The lowest BCUT2D eigenvalue weighted by Gasteiger charge is -2.30. The number of thioether (sulfide) groups is 1. The van der Waals surface area contributed by atoms with Gasteiger partial charge in [-0.15, -0.1) is 0 Å². The number of hydrogen-bond donors (Lipinski definition) is 1. The molecule has 0 spiro atoms. The highest BCUT2D eigenvalue weighted by Crippen LogP contribution is 2.53. The number of thiazole rings is 1. The predicted molar refractivity (Wildman–Crippen MR) is 165 cm³/mol. The van der Waals surface area contributed by atoms with Crippen molar-refractivity contribution in [3.8, 4) is 0 Å². The second-order valence-corrected chi connectivity index (χ2v) is 12.5. The number of carbonyl (C=O) groups excluding carboxylic acids is 4. The maximum atomic E-state index is 13.9. The van der Waals surface area contributed by atoms with Crippen LogP contribution < -0.4 is 15.1 Å². The SMILES string of the molecule is CCOC(=O)c1ccc(NC(=O)Cn2c3c(sc2=O)[C@H](c2ccc(F)cc2)C2C(=O)N(c4ccc(C)cc4)C(=O)C2S3)cc1. The summed E-state index contributed by atoms with van der Waals surface area (Å²) in [6.07, 6.45) is 0. The van der Waals surface area contributed by atoms with Crippen molar-refractivity contribution in [3.63, 3.8) is 0 Å². The molecule has 9 nitrogen and oxygen atoms in total. The maximum absolute atomic E-state index is 13.9. The lowest BCUT2D eigenvalue weighted by atomic mass is 9.83. The minimum Gasteiger partial charge on any atom is -0.462 e. The van der Waals surface area contributed by atoms with Gasteiger partial charge in [0, 0.05) is 16.5 Å². The molecule has 1 N–H and O–H groups in total. The van der Waals surface area contributed by atoms with Crippen LogP contribution in [-0.4, -0.2) is 40.1 Å². The van der Waals surface area contributed by atoms with Gasteiger partial charge in [0.05, 0.1) is 28.8 Å². The maximum Gasteiger partial charge on any atom is 0.338 e. The third-order valence-corrected chi connectivity index (χ3v) is 10.2. The normalized spacial score (nSPS) is 19.0. The monoisotopic (exact) mass is 631 g/mol. The first-order valence-electron chi connectivity index (χ1n) is 13.8. The number of amides is 3. The number of carbonyl (C=O) groups is 4. The van der Waals surface area contributed by atoms with Crippen LogP contribution in [0.15, 0.2) is 82.6 Å². The minimum atomic E-state index is -0.856.